The topological polar surface area (TPSA) is 67.2 Å². The number of fused-ring (bicyclic) bond motifs is 1. The lowest BCUT2D eigenvalue weighted by Gasteiger charge is -2.36. The summed E-state index contributed by atoms with van der Waals surface area (Å²) < 4.78 is 15.6. The van der Waals surface area contributed by atoms with E-state index >= 15 is 0 Å². The van der Waals surface area contributed by atoms with Crippen LogP contribution in [0.1, 0.15) is 67.3 Å². The number of hydrogen-bond donors (Lipinski definition) is 2. The average Bonchev–Trinajstić information content (AvgIpc) is 3.14. The highest BCUT2D eigenvalue weighted by molar-refractivity contribution is 5.94. The van der Waals surface area contributed by atoms with Crippen LogP contribution in [-0.2, 0) is 6.42 Å². The first-order chi connectivity index (χ1) is 15.5. The third kappa shape index (κ3) is 5.32. The second kappa shape index (κ2) is 8.49. The number of hydrogen-bond acceptors (Lipinski definition) is 3. The van der Waals surface area contributed by atoms with Crippen LogP contribution in [0.3, 0.4) is 0 Å². The van der Waals surface area contributed by atoms with E-state index in [0.717, 1.165) is 24.1 Å². The van der Waals surface area contributed by atoms with Crippen molar-refractivity contribution in [3.63, 3.8) is 0 Å². The summed E-state index contributed by atoms with van der Waals surface area (Å²) in [4.78, 5) is 13.1. The van der Waals surface area contributed by atoms with Crippen molar-refractivity contribution < 1.29 is 14.3 Å². The molecule has 6 heteroatoms. The van der Waals surface area contributed by atoms with Gasteiger partial charge in [0.15, 0.2) is 0 Å². The normalized spacial score (nSPS) is 17.0. The van der Waals surface area contributed by atoms with E-state index < -0.39 is 5.60 Å². The van der Waals surface area contributed by atoms with Gasteiger partial charge >= 0.3 is 0 Å². The van der Waals surface area contributed by atoms with Crippen molar-refractivity contribution in [3.8, 4) is 17.5 Å². The third-order valence-electron chi connectivity index (χ3n) is 5.67. The number of halogens is 1. The minimum atomic E-state index is -1.11. The zero-order valence-corrected chi connectivity index (χ0v) is 19.3. The lowest BCUT2D eigenvalue weighted by molar-refractivity contribution is 0.0919. The van der Waals surface area contributed by atoms with Gasteiger partial charge in [-0.05, 0) is 68.5 Å². The smallest absolute Gasteiger partial charge is 0.251 e. The monoisotopic (exact) mass is 445 g/mol. The van der Waals surface area contributed by atoms with E-state index in [9.17, 15) is 14.3 Å². The lowest BCUT2D eigenvalue weighted by Crippen LogP contribution is -2.36. The molecule has 1 aliphatic rings. The zero-order valence-electron chi connectivity index (χ0n) is 19.3. The van der Waals surface area contributed by atoms with Gasteiger partial charge < -0.3 is 10.4 Å². The van der Waals surface area contributed by atoms with Crippen LogP contribution < -0.4 is 5.32 Å². The van der Waals surface area contributed by atoms with Crippen LogP contribution in [0.5, 0.6) is 0 Å². The summed E-state index contributed by atoms with van der Waals surface area (Å²) in [5.41, 5.74) is 2.57. The van der Waals surface area contributed by atoms with Gasteiger partial charge in [-0.3, -0.25) is 4.79 Å². The summed E-state index contributed by atoms with van der Waals surface area (Å²) in [6, 6.07) is 13.2. The highest BCUT2D eigenvalue weighted by atomic mass is 19.1. The van der Waals surface area contributed by atoms with Crippen molar-refractivity contribution in [3.05, 3.63) is 82.9 Å². The molecule has 4 rings (SSSR count). The molecule has 0 fully saturated rings. The molecule has 0 aliphatic heterocycles. The Hall–Kier alpha value is -3.43. The number of carbonyl (C=O) groups excluding carboxylic acids is 1. The summed E-state index contributed by atoms with van der Waals surface area (Å²) >= 11 is 0. The Morgan fingerprint density at radius 2 is 2.00 bits per heavy atom. The van der Waals surface area contributed by atoms with Crippen molar-refractivity contribution >= 4 is 5.91 Å². The number of nitrogens with one attached hydrogen (secondary N) is 1. The number of aliphatic hydroxyl groups is 1. The predicted molar refractivity (Wildman–Crippen MR) is 125 cm³/mol. The Balaban J connectivity index is 1.62. The molecule has 1 aromatic heterocycles. The highest BCUT2D eigenvalue weighted by Crippen LogP contribution is 2.41. The summed E-state index contributed by atoms with van der Waals surface area (Å²) in [6.45, 7) is 7.54. The van der Waals surface area contributed by atoms with Crippen LogP contribution in [0.4, 0.5) is 4.39 Å². The van der Waals surface area contributed by atoms with Crippen molar-refractivity contribution in [1.29, 1.82) is 0 Å². The van der Waals surface area contributed by atoms with Crippen molar-refractivity contribution in [2.24, 2.45) is 5.41 Å². The largest absolute Gasteiger partial charge is 0.378 e. The Labute approximate surface area is 193 Å². The van der Waals surface area contributed by atoms with Crippen molar-refractivity contribution in [2.75, 3.05) is 0 Å². The van der Waals surface area contributed by atoms with Crippen LogP contribution in [-0.4, -0.2) is 26.4 Å². The van der Waals surface area contributed by atoms with E-state index in [-0.39, 0.29) is 23.2 Å². The van der Waals surface area contributed by atoms with Gasteiger partial charge in [0.2, 0.25) is 0 Å². The lowest BCUT2D eigenvalue weighted by atomic mass is 9.74. The molecule has 1 aliphatic carbocycles. The Morgan fingerprint density at radius 1 is 1.24 bits per heavy atom. The third-order valence-corrected chi connectivity index (χ3v) is 5.67. The summed E-state index contributed by atoms with van der Waals surface area (Å²) in [5, 5.41) is 17.5. The molecular weight excluding hydrogens is 417 g/mol. The van der Waals surface area contributed by atoms with Crippen LogP contribution >= 0.6 is 0 Å². The van der Waals surface area contributed by atoms with Gasteiger partial charge in [-0.1, -0.05) is 37.8 Å². The van der Waals surface area contributed by atoms with Gasteiger partial charge in [0.1, 0.15) is 11.4 Å². The van der Waals surface area contributed by atoms with Crippen molar-refractivity contribution in [2.45, 2.75) is 52.2 Å². The summed E-state index contributed by atoms with van der Waals surface area (Å²) in [7, 11) is 0. The van der Waals surface area contributed by atoms with E-state index in [1.165, 1.54) is 12.1 Å². The summed E-state index contributed by atoms with van der Waals surface area (Å²) in [5.74, 6) is 5.17. The summed E-state index contributed by atoms with van der Waals surface area (Å²) in [6.07, 6.45) is 3.30. The van der Waals surface area contributed by atoms with Gasteiger partial charge in [-0.2, -0.15) is 5.10 Å². The van der Waals surface area contributed by atoms with Gasteiger partial charge in [-0.25, -0.2) is 9.07 Å². The number of carbonyl (C=O) groups is 1. The van der Waals surface area contributed by atoms with E-state index in [1.54, 1.807) is 55.1 Å². The highest BCUT2D eigenvalue weighted by Gasteiger charge is 2.36. The molecular formula is C27H28FN3O2. The van der Waals surface area contributed by atoms with Crippen LogP contribution in [0.2, 0.25) is 0 Å². The minimum Gasteiger partial charge on any atom is -0.378 e. The molecule has 5 nitrogen and oxygen atoms in total. The maximum Gasteiger partial charge on any atom is 0.251 e. The van der Waals surface area contributed by atoms with E-state index in [1.807, 2.05) is 6.07 Å². The number of amides is 1. The van der Waals surface area contributed by atoms with E-state index in [4.69, 9.17) is 0 Å². The minimum absolute atomic E-state index is 0.0733. The molecule has 1 atom stereocenters. The molecule has 33 heavy (non-hydrogen) atoms. The maximum absolute atomic E-state index is 13.8. The molecule has 0 saturated heterocycles. The number of rotatable bonds is 3. The Kier molecular flexibility index (Phi) is 5.85. The molecule has 0 saturated carbocycles. The predicted octanol–water partition coefficient (Wildman–Crippen LogP) is 4.58. The quantitative estimate of drug-likeness (QED) is 0.580. The van der Waals surface area contributed by atoms with Gasteiger partial charge in [0.05, 0.1) is 23.6 Å². The molecule has 0 bridgehead atoms. The fourth-order valence-electron chi connectivity index (χ4n) is 4.21. The van der Waals surface area contributed by atoms with Gasteiger partial charge in [0.25, 0.3) is 5.91 Å². The van der Waals surface area contributed by atoms with Crippen LogP contribution in [0.25, 0.3) is 5.69 Å². The molecule has 1 heterocycles. The second-order valence-electron chi connectivity index (χ2n) is 9.90. The second-order valence-corrected chi connectivity index (χ2v) is 9.90. The number of aromatic nitrogens is 2. The SMILES string of the molecule is CC(C)(O)C#Cc1cccc(C(=O)NC2CC(C)(C)Cc3c2cnn3-c2cccc(F)c2)c1. The first kappa shape index (κ1) is 22.8. The molecule has 1 amide bonds. The first-order valence-corrected chi connectivity index (χ1v) is 11.0. The van der Waals surface area contributed by atoms with Gasteiger partial charge in [0, 0.05) is 16.7 Å². The molecule has 1 unspecified atom stereocenters. The fraction of sp³-hybridized carbons (Fsp3) is 0.333. The molecule has 170 valence electrons. The van der Waals surface area contributed by atoms with E-state index in [2.05, 4.69) is 36.1 Å². The molecule has 0 spiro atoms. The van der Waals surface area contributed by atoms with Gasteiger partial charge in [-0.15, -0.1) is 0 Å². The Morgan fingerprint density at radius 3 is 2.73 bits per heavy atom. The van der Waals surface area contributed by atoms with E-state index in [0.29, 0.717) is 16.8 Å². The first-order valence-electron chi connectivity index (χ1n) is 11.0. The number of nitrogens with zero attached hydrogens (tertiary/aromatic N) is 2. The molecule has 2 aromatic carbocycles. The fourth-order valence-corrected chi connectivity index (χ4v) is 4.21. The molecule has 2 N–H and O–H groups in total. The average molecular weight is 446 g/mol. The Bertz CT molecular complexity index is 1260. The molecule has 0 radical (unpaired) electrons. The zero-order chi connectivity index (χ0) is 23.8. The maximum atomic E-state index is 13.8. The number of benzene rings is 2. The standard InChI is InChI=1S/C27H28FN3O2/c1-26(2)15-23(22-17-29-31(24(22)16-26)21-10-6-9-20(28)14-21)30-25(32)19-8-5-7-18(13-19)11-12-27(3,4)33/h5-10,13-14,17,23,33H,15-16H2,1-4H3,(H,30,32). The van der Waals surface area contributed by atoms with Crippen LogP contribution in [0.15, 0.2) is 54.7 Å². The van der Waals surface area contributed by atoms with Crippen molar-refractivity contribution in [1.82, 2.24) is 15.1 Å². The molecule has 3 aromatic rings. The van der Waals surface area contributed by atoms with Crippen LogP contribution in [0, 0.1) is 23.1 Å².